The maximum Gasteiger partial charge on any atom is 0.159 e. The van der Waals surface area contributed by atoms with E-state index in [1.54, 1.807) is 13.2 Å². The highest BCUT2D eigenvalue weighted by atomic mass is 19.2. The summed E-state index contributed by atoms with van der Waals surface area (Å²) in [6, 6.07) is 3.96. The van der Waals surface area contributed by atoms with E-state index in [0.29, 0.717) is 18.7 Å². The fourth-order valence-corrected chi connectivity index (χ4v) is 2.35. The van der Waals surface area contributed by atoms with Gasteiger partial charge in [0, 0.05) is 26.1 Å². The van der Waals surface area contributed by atoms with Crippen molar-refractivity contribution < 1.29 is 18.4 Å². The predicted octanol–water partition coefficient (Wildman–Crippen LogP) is 2.93. The third kappa shape index (κ3) is 3.29. The van der Waals surface area contributed by atoms with Crippen LogP contribution in [0.25, 0.3) is 0 Å². The molecule has 0 radical (unpaired) electrons. The van der Waals surface area contributed by atoms with Gasteiger partial charge in [-0.05, 0) is 24.1 Å². The number of nitrogens with zero attached hydrogens (tertiary/aromatic N) is 1. The van der Waals surface area contributed by atoms with Crippen LogP contribution < -0.4 is 0 Å². The molecular weight excluding hydrogens is 252 g/mol. The van der Waals surface area contributed by atoms with Gasteiger partial charge in [-0.2, -0.15) is 5.06 Å². The maximum absolute atomic E-state index is 13.3. The summed E-state index contributed by atoms with van der Waals surface area (Å²) in [5, 5.41) is 1.84. The molecule has 0 amide bonds. The molecular formula is C14H19F2NO2. The van der Waals surface area contributed by atoms with Gasteiger partial charge in [0.25, 0.3) is 0 Å². The van der Waals surface area contributed by atoms with Crippen LogP contribution in [-0.4, -0.2) is 31.9 Å². The molecule has 0 bridgehead atoms. The summed E-state index contributed by atoms with van der Waals surface area (Å²) >= 11 is 0. The SMILES string of the molecule is CC[C@@H]1CN(CCOC)O[C@H]1c1ccc(F)c(F)c1. The maximum atomic E-state index is 13.3. The van der Waals surface area contributed by atoms with E-state index in [9.17, 15) is 8.78 Å². The van der Waals surface area contributed by atoms with Gasteiger partial charge in [0.1, 0.15) is 6.10 Å². The van der Waals surface area contributed by atoms with Crippen LogP contribution >= 0.6 is 0 Å². The average Bonchev–Trinajstić information content (AvgIpc) is 2.83. The summed E-state index contributed by atoms with van der Waals surface area (Å²) in [6.45, 7) is 4.11. The lowest BCUT2D eigenvalue weighted by atomic mass is 9.94. The zero-order valence-corrected chi connectivity index (χ0v) is 11.2. The van der Waals surface area contributed by atoms with E-state index in [1.165, 1.54) is 6.07 Å². The highest BCUT2D eigenvalue weighted by Gasteiger charge is 2.34. The second kappa shape index (κ2) is 6.41. The second-order valence-electron chi connectivity index (χ2n) is 4.75. The molecule has 1 aliphatic rings. The quantitative estimate of drug-likeness (QED) is 0.822. The molecule has 0 saturated carbocycles. The van der Waals surface area contributed by atoms with Crippen LogP contribution in [-0.2, 0) is 9.57 Å². The molecule has 1 aliphatic heterocycles. The normalized spacial score (nSPS) is 24.0. The minimum Gasteiger partial charge on any atom is -0.383 e. The van der Waals surface area contributed by atoms with Gasteiger partial charge in [0.05, 0.1) is 6.61 Å². The molecule has 0 N–H and O–H groups in total. The molecule has 0 spiro atoms. The fourth-order valence-electron chi connectivity index (χ4n) is 2.35. The van der Waals surface area contributed by atoms with Crippen molar-refractivity contribution in [2.24, 2.45) is 5.92 Å². The first-order valence-corrected chi connectivity index (χ1v) is 6.51. The average molecular weight is 271 g/mol. The topological polar surface area (TPSA) is 21.7 Å². The highest BCUT2D eigenvalue weighted by molar-refractivity contribution is 5.21. The Labute approximate surface area is 112 Å². The van der Waals surface area contributed by atoms with Gasteiger partial charge in [-0.1, -0.05) is 13.0 Å². The van der Waals surface area contributed by atoms with Gasteiger partial charge in [0.15, 0.2) is 11.6 Å². The smallest absolute Gasteiger partial charge is 0.159 e. The summed E-state index contributed by atoms with van der Waals surface area (Å²) in [6.07, 6.45) is 0.713. The Bertz CT molecular complexity index is 428. The number of hydrogen-bond donors (Lipinski definition) is 0. The zero-order chi connectivity index (χ0) is 13.8. The van der Waals surface area contributed by atoms with Crippen LogP contribution in [0.4, 0.5) is 8.78 Å². The Kier molecular flexibility index (Phi) is 4.85. The number of hydroxylamine groups is 2. The lowest BCUT2D eigenvalue weighted by Gasteiger charge is -2.17. The van der Waals surface area contributed by atoms with Crippen molar-refractivity contribution in [2.45, 2.75) is 19.4 Å². The minimum absolute atomic E-state index is 0.211. The van der Waals surface area contributed by atoms with Crippen LogP contribution in [0.2, 0.25) is 0 Å². The molecule has 19 heavy (non-hydrogen) atoms. The van der Waals surface area contributed by atoms with Crippen molar-refractivity contribution in [1.82, 2.24) is 5.06 Å². The van der Waals surface area contributed by atoms with Crippen LogP contribution in [0.15, 0.2) is 18.2 Å². The summed E-state index contributed by atoms with van der Waals surface area (Å²) in [5.41, 5.74) is 0.686. The van der Waals surface area contributed by atoms with Crippen molar-refractivity contribution in [2.75, 3.05) is 26.8 Å². The summed E-state index contributed by atoms with van der Waals surface area (Å²) in [4.78, 5) is 5.81. The summed E-state index contributed by atoms with van der Waals surface area (Å²) < 4.78 is 31.3. The first kappa shape index (κ1) is 14.4. The van der Waals surface area contributed by atoms with E-state index < -0.39 is 11.6 Å². The molecule has 1 fully saturated rings. The number of ether oxygens (including phenoxy) is 1. The summed E-state index contributed by atoms with van der Waals surface area (Å²) in [7, 11) is 1.64. The van der Waals surface area contributed by atoms with Crippen LogP contribution in [0.3, 0.4) is 0 Å². The standard InChI is InChI=1S/C14H19F2NO2/c1-3-10-9-17(6-7-18-2)19-14(10)11-4-5-12(15)13(16)8-11/h4-5,8,10,14H,3,6-7,9H2,1-2H3/t10-,14-/m1/s1. The third-order valence-electron chi connectivity index (χ3n) is 3.47. The number of hydrogen-bond acceptors (Lipinski definition) is 3. The molecule has 2 rings (SSSR count). The molecule has 106 valence electrons. The molecule has 3 nitrogen and oxygen atoms in total. The van der Waals surface area contributed by atoms with Gasteiger partial charge < -0.3 is 4.74 Å². The molecule has 0 aliphatic carbocycles. The molecule has 0 aromatic heterocycles. The molecule has 1 heterocycles. The van der Waals surface area contributed by atoms with Crippen LogP contribution in [0, 0.1) is 17.6 Å². The number of halogens is 2. The lowest BCUT2D eigenvalue weighted by Crippen LogP contribution is -2.23. The van der Waals surface area contributed by atoms with Crippen LogP contribution in [0.5, 0.6) is 0 Å². The Morgan fingerprint density at radius 3 is 2.79 bits per heavy atom. The van der Waals surface area contributed by atoms with Crippen molar-refractivity contribution in [1.29, 1.82) is 0 Å². The van der Waals surface area contributed by atoms with E-state index in [-0.39, 0.29) is 12.0 Å². The Hall–Kier alpha value is -1.04. The second-order valence-corrected chi connectivity index (χ2v) is 4.75. The van der Waals surface area contributed by atoms with E-state index in [2.05, 4.69) is 6.92 Å². The van der Waals surface area contributed by atoms with Gasteiger partial charge in [-0.3, -0.25) is 4.84 Å². The van der Waals surface area contributed by atoms with E-state index in [0.717, 1.165) is 19.0 Å². The van der Waals surface area contributed by atoms with Crippen molar-refractivity contribution in [3.05, 3.63) is 35.4 Å². The third-order valence-corrected chi connectivity index (χ3v) is 3.47. The predicted molar refractivity (Wildman–Crippen MR) is 67.4 cm³/mol. The number of benzene rings is 1. The molecule has 2 atom stereocenters. The first-order chi connectivity index (χ1) is 9.15. The van der Waals surface area contributed by atoms with Gasteiger partial charge >= 0.3 is 0 Å². The summed E-state index contributed by atoms with van der Waals surface area (Å²) in [5.74, 6) is -1.38. The van der Waals surface area contributed by atoms with Crippen LogP contribution in [0.1, 0.15) is 25.0 Å². The largest absolute Gasteiger partial charge is 0.383 e. The van der Waals surface area contributed by atoms with Crippen molar-refractivity contribution in [3.63, 3.8) is 0 Å². The van der Waals surface area contributed by atoms with Gasteiger partial charge in [0.2, 0.25) is 0 Å². The molecule has 1 saturated heterocycles. The van der Waals surface area contributed by atoms with E-state index in [1.807, 2.05) is 5.06 Å². The Balaban J connectivity index is 2.11. The fraction of sp³-hybridized carbons (Fsp3) is 0.571. The highest BCUT2D eigenvalue weighted by Crippen LogP contribution is 2.36. The van der Waals surface area contributed by atoms with Crippen molar-refractivity contribution in [3.8, 4) is 0 Å². The Morgan fingerprint density at radius 1 is 1.37 bits per heavy atom. The molecule has 1 aromatic carbocycles. The van der Waals surface area contributed by atoms with E-state index >= 15 is 0 Å². The van der Waals surface area contributed by atoms with E-state index in [4.69, 9.17) is 9.57 Å². The number of rotatable bonds is 5. The monoisotopic (exact) mass is 271 g/mol. The number of methoxy groups -OCH3 is 1. The lowest BCUT2D eigenvalue weighted by molar-refractivity contribution is -0.155. The Morgan fingerprint density at radius 2 is 2.16 bits per heavy atom. The van der Waals surface area contributed by atoms with Crippen molar-refractivity contribution >= 4 is 0 Å². The first-order valence-electron chi connectivity index (χ1n) is 6.51. The van der Waals surface area contributed by atoms with Gasteiger partial charge in [-0.25, -0.2) is 8.78 Å². The molecule has 1 aromatic rings. The molecule has 0 unspecified atom stereocenters. The zero-order valence-electron chi connectivity index (χ0n) is 11.2. The van der Waals surface area contributed by atoms with Gasteiger partial charge in [-0.15, -0.1) is 0 Å². The minimum atomic E-state index is -0.828. The molecule has 5 heteroatoms.